The maximum absolute atomic E-state index is 14.1. The summed E-state index contributed by atoms with van der Waals surface area (Å²) in [5.74, 6) is -3.23. The summed E-state index contributed by atoms with van der Waals surface area (Å²) in [5, 5.41) is 0. The van der Waals surface area contributed by atoms with E-state index in [1.807, 2.05) is 18.7 Å². The molecule has 0 amide bonds. The highest BCUT2D eigenvalue weighted by atomic mass is 35.5. The number of fused-ring (bicyclic) bond motifs is 1. The summed E-state index contributed by atoms with van der Waals surface area (Å²) in [6.07, 6.45) is 2.25. The van der Waals surface area contributed by atoms with Crippen molar-refractivity contribution in [3.05, 3.63) is 51.3 Å². The molecule has 2 aromatic rings. The van der Waals surface area contributed by atoms with Crippen LogP contribution >= 0.6 is 24.6 Å². The lowest BCUT2D eigenvalue weighted by Crippen LogP contribution is -2.14. The van der Waals surface area contributed by atoms with E-state index in [0.717, 1.165) is 42.9 Å². The highest BCUT2D eigenvalue weighted by molar-refractivity contribution is 7.71. The molecule has 3 nitrogen and oxygen atoms in total. The zero-order chi connectivity index (χ0) is 17.4. The quantitative estimate of drug-likeness (QED) is 0.609. The van der Waals surface area contributed by atoms with Crippen molar-refractivity contribution in [2.24, 2.45) is 0 Å². The van der Waals surface area contributed by atoms with Crippen LogP contribution in [-0.2, 0) is 19.4 Å². The number of H-pyrrole nitrogens is 1. The minimum absolute atomic E-state index is 0. The molecule has 2 heterocycles. The minimum atomic E-state index is -1.09. The van der Waals surface area contributed by atoms with Gasteiger partial charge in [0.1, 0.15) is 5.82 Å². The molecule has 1 aromatic carbocycles. The van der Waals surface area contributed by atoms with Crippen LogP contribution in [0.2, 0.25) is 0 Å². The fraction of sp³-hybridized carbons (Fsp3) is 0.471. The van der Waals surface area contributed by atoms with Gasteiger partial charge in [0.2, 0.25) is 0 Å². The molecule has 0 bridgehead atoms. The van der Waals surface area contributed by atoms with Crippen molar-refractivity contribution in [1.29, 1.82) is 0 Å². The third-order valence-electron chi connectivity index (χ3n) is 4.54. The zero-order valence-electron chi connectivity index (χ0n) is 14.1. The second-order valence-corrected chi connectivity index (χ2v) is 6.92. The van der Waals surface area contributed by atoms with Gasteiger partial charge in [0.05, 0.1) is 0 Å². The molecule has 0 aliphatic carbocycles. The summed E-state index contributed by atoms with van der Waals surface area (Å²) in [4.78, 5) is 5.30. The first-order valence-corrected chi connectivity index (χ1v) is 8.38. The summed E-state index contributed by atoms with van der Waals surface area (Å²) in [6, 6.07) is 1.81. The van der Waals surface area contributed by atoms with Crippen molar-refractivity contribution in [2.45, 2.75) is 31.7 Å². The van der Waals surface area contributed by atoms with Crippen molar-refractivity contribution < 1.29 is 13.2 Å². The van der Waals surface area contributed by atoms with Gasteiger partial charge in [-0.15, -0.1) is 12.4 Å². The van der Waals surface area contributed by atoms with E-state index in [-0.39, 0.29) is 18.0 Å². The average molecular weight is 392 g/mol. The number of aryl methyl sites for hydroxylation is 1. The van der Waals surface area contributed by atoms with Crippen LogP contribution in [0.4, 0.5) is 13.2 Å². The second-order valence-electron chi connectivity index (χ2n) is 6.53. The van der Waals surface area contributed by atoms with Crippen LogP contribution in [0.1, 0.15) is 29.3 Å². The third-order valence-corrected chi connectivity index (χ3v) is 4.86. The fourth-order valence-electron chi connectivity index (χ4n) is 3.39. The Hall–Kier alpha value is -1.31. The maximum atomic E-state index is 14.1. The van der Waals surface area contributed by atoms with Crippen LogP contribution in [0.25, 0.3) is 0 Å². The van der Waals surface area contributed by atoms with Crippen molar-refractivity contribution >= 4 is 24.6 Å². The molecule has 8 heteroatoms. The molecule has 1 aliphatic rings. The van der Waals surface area contributed by atoms with Gasteiger partial charge < -0.3 is 14.5 Å². The van der Waals surface area contributed by atoms with Gasteiger partial charge in [-0.05, 0) is 64.3 Å². The Morgan fingerprint density at radius 3 is 2.60 bits per heavy atom. The van der Waals surface area contributed by atoms with Gasteiger partial charge in [-0.25, -0.2) is 13.2 Å². The van der Waals surface area contributed by atoms with Gasteiger partial charge >= 0.3 is 0 Å². The monoisotopic (exact) mass is 391 g/mol. The normalized spacial score (nSPS) is 16.2. The number of nitrogens with zero attached hydrogens (tertiary/aromatic N) is 2. The lowest BCUT2D eigenvalue weighted by molar-refractivity contribution is 0.399. The number of aromatic nitrogens is 2. The number of aromatic amines is 1. The molecule has 0 fully saturated rings. The van der Waals surface area contributed by atoms with Crippen molar-refractivity contribution in [3.63, 3.8) is 0 Å². The van der Waals surface area contributed by atoms with Crippen LogP contribution in [0.15, 0.2) is 12.1 Å². The van der Waals surface area contributed by atoms with E-state index in [2.05, 4.69) is 9.88 Å². The van der Waals surface area contributed by atoms with Gasteiger partial charge in [-0.3, -0.25) is 0 Å². The summed E-state index contributed by atoms with van der Waals surface area (Å²) in [6.45, 7) is 1.32. The topological polar surface area (TPSA) is 24.0 Å². The molecule has 3 rings (SSSR count). The molecular weight excluding hydrogens is 371 g/mol. The lowest BCUT2D eigenvalue weighted by Gasteiger charge is -2.13. The Morgan fingerprint density at radius 1 is 1.24 bits per heavy atom. The number of benzene rings is 1. The molecule has 0 spiro atoms. The van der Waals surface area contributed by atoms with Gasteiger partial charge in [0.25, 0.3) is 0 Å². The molecular formula is C17H21ClF3N3S. The number of rotatable bonds is 5. The zero-order valence-corrected chi connectivity index (χ0v) is 15.7. The van der Waals surface area contributed by atoms with Crippen LogP contribution in [-0.4, -0.2) is 35.1 Å². The molecule has 1 unspecified atom stereocenters. The molecule has 0 saturated carbocycles. The predicted molar refractivity (Wildman–Crippen MR) is 96.5 cm³/mol. The van der Waals surface area contributed by atoms with Crippen LogP contribution in [0, 0.1) is 22.2 Å². The van der Waals surface area contributed by atoms with Gasteiger partial charge in [-0.1, -0.05) is 0 Å². The van der Waals surface area contributed by atoms with E-state index in [4.69, 9.17) is 12.2 Å². The second kappa shape index (κ2) is 7.93. The number of halogens is 4. The van der Waals surface area contributed by atoms with Gasteiger partial charge in [-0.2, -0.15) is 0 Å². The molecule has 0 radical (unpaired) electrons. The van der Waals surface area contributed by atoms with E-state index in [9.17, 15) is 13.2 Å². The predicted octanol–water partition coefficient (Wildman–Crippen LogP) is 4.22. The van der Waals surface area contributed by atoms with E-state index in [1.165, 1.54) is 0 Å². The van der Waals surface area contributed by atoms with Crippen molar-refractivity contribution in [1.82, 2.24) is 14.5 Å². The molecule has 0 saturated heterocycles. The molecule has 1 aliphatic heterocycles. The highest BCUT2D eigenvalue weighted by Crippen LogP contribution is 2.35. The van der Waals surface area contributed by atoms with Gasteiger partial charge in [0.15, 0.2) is 16.4 Å². The average Bonchev–Trinajstić information content (AvgIpc) is 3.05. The Balaban J connectivity index is 0.00000225. The van der Waals surface area contributed by atoms with Crippen molar-refractivity contribution in [2.75, 3.05) is 20.6 Å². The largest absolute Gasteiger partial charge is 0.334 e. The van der Waals surface area contributed by atoms with E-state index >= 15 is 0 Å². The first-order chi connectivity index (χ1) is 11.4. The number of imidazole rings is 1. The third kappa shape index (κ3) is 3.93. The Morgan fingerprint density at radius 2 is 1.92 bits per heavy atom. The summed E-state index contributed by atoms with van der Waals surface area (Å²) < 4.78 is 44.1. The molecule has 138 valence electrons. The van der Waals surface area contributed by atoms with Gasteiger partial charge in [0, 0.05) is 29.4 Å². The lowest BCUT2D eigenvalue weighted by atomic mass is 9.95. The fourth-order valence-corrected chi connectivity index (χ4v) is 3.70. The molecule has 1 N–H and O–H groups in total. The Bertz CT molecular complexity index is 816. The maximum Gasteiger partial charge on any atom is 0.177 e. The molecule has 1 atom stereocenters. The number of nitrogens with one attached hydrogen (secondary N) is 1. The number of hydrogen-bond acceptors (Lipinski definition) is 2. The van der Waals surface area contributed by atoms with E-state index in [1.54, 1.807) is 0 Å². The SMILES string of the molecule is CN(C)CCCc1[nH]c(=S)n2c1CC(c1c(F)ccc(F)c1F)C2.Cl. The van der Waals surface area contributed by atoms with Crippen LogP contribution in [0.3, 0.4) is 0 Å². The summed E-state index contributed by atoms with van der Waals surface area (Å²) >= 11 is 5.33. The molecule has 1 aromatic heterocycles. The Kier molecular flexibility index (Phi) is 6.35. The van der Waals surface area contributed by atoms with Crippen molar-refractivity contribution in [3.8, 4) is 0 Å². The first kappa shape index (κ1) is 20.0. The van der Waals surface area contributed by atoms with E-state index < -0.39 is 23.4 Å². The number of hydrogen-bond donors (Lipinski definition) is 1. The first-order valence-electron chi connectivity index (χ1n) is 7.97. The van der Waals surface area contributed by atoms with Crippen LogP contribution < -0.4 is 0 Å². The smallest absolute Gasteiger partial charge is 0.177 e. The highest BCUT2D eigenvalue weighted by Gasteiger charge is 2.31. The minimum Gasteiger partial charge on any atom is -0.334 e. The molecule has 25 heavy (non-hydrogen) atoms. The summed E-state index contributed by atoms with van der Waals surface area (Å²) in [7, 11) is 4.02. The van der Waals surface area contributed by atoms with Crippen LogP contribution in [0.5, 0.6) is 0 Å². The standard InChI is InChI=1S/C17H20F3N3S.ClH/c1-22(2)7-3-4-13-14-8-10(9-23(14)17(24)21-13)15-11(18)5-6-12(19)16(15)20;/h5-6,10H,3-4,7-9H2,1-2H3,(H,21,24);1H. The van der Waals surface area contributed by atoms with E-state index in [0.29, 0.717) is 17.7 Å². The summed E-state index contributed by atoms with van der Waals surface area (Å²) in [5.41, 5.74) is 1.82. The Labute approximate surface area is 156 Å².